The van der Waals surface area contributed by atoms with Crippen LogP contribution in [0.15, 0.2) is 27.6 Å². The third-order valence-electron chi connectivity index (χ3n) is 2.94. The van der Waals surface area contributed by atoms with Crippen LogP contribution in [0.4, 0.5) is 0 Å². The van der Waals surface area contributed by atoms with Crippen LogP contribution in [0.5, 0.6) is 0 Å². The topological polar surface area (TPSA) is 63.4 Å². The molecule has 0 amide bonds. The summed E-state index contributed by atoms with van der Waals surface area (Å²) >= 11 is 3.30. The van der Waals surface area contributed by atoms with Crippen molar-refractivity contribution < 1.29 is 8.42 Å². The molecule has 4 nitrogen and oxygen atoms in total. The Morgan fingerprint density at radius 1 is 1.37 bits per heavy atom. The lowest BCUT2D eigenvalue weighted by Crippen LogP contribution is -2.29. The zero-order valence-corrected chi connectivity index (χ0v) is 14.0. The van der Waals surface area contributed by atoms with Gasteiger partial charge in [-0.15, -0.1) is 0 Å². The van der Waals surface area contributed by atoms with Crippen molar-refractivity contribution in [1.29, 1.82) is 0 Å². The first-order chi connectivity index (χ1) is 8.78. The number of halogens is 1. The summed E-state index contributed by atoms with van der Waals surface area (Å²) in [4.78, 5) is 0.279. The predicted octanol–water partition coefficient (Wildman–Crippen LogP) is 2.57. The molecule has 0 spiro atoms. The molecule has 0 heterocycles. The zero-order chi connectivity index (χ0) is 14.6. The van der Waals surface area contributed by atoms with E-state index in [9.17, 15) is 8.42 Å². The third-order valence-corrected chi connectivity index (χ3v) is 5.79. The third kappa shape index (κ3) is 4.27. The van der Waals surface area contributed by atoms with E-state index in [1.54, 1.807) is 19.2 Å². The van der Waals surface area contributed by atoms with Crippen LogP contribution in [-0.2, 0) is 16.6 Å². The van der Waals surface area contributed by atoms with E-state index >= 15 is 0 Å². The van der Waals surface area contributed by atoms with Crippen LogP contribution in [0, 0.1) is 5.92 Å². The molecule has 2 N–H and O–H groups in total. The first-order valence-electron chi connectivity index (χ1n) is 6.24. The lowest BCUT2D eigenvalue weighted by Gasteiger charge is -2.19. The molecule has 1 aromatic carbocycles. The molecule has 0 fully saturated rings. The van der Waals surface area contributed by atoms with Crippen LogP contribution in [0.2, 0.25) is 0 Å². The number of benzene rings is 1. The summed E-state index contributed by atoms with van der Waals surface area (Å²) in [5.74, 6) is 0.469. The molecule has 19 heavy (non-hydrogen) atoms. The van der Waals surface area contributed by atoms with E-state index in [-0.39, 0.29) is 4.90 Å². The quantitative estimate of drug-likeness (QED) is 0.859. The summed E-state index contributed by atoms with van der Waals surface area (Å²) in [7, 11) is -1.86. The molecule has 1 rings (SSSR count). The van der Waals surface area contributed by atoms with Crippen LogP contribution in [0.1, 0.15) is 25.8 Å². The smallest absolute Gasteiger partial charge is 0.243 e. The van der Waals surface area contributed by atoms with Crippen LogP contribution in [-0.4, -0.2) is 26.3 Å². The van der Waals surface area contributed by atoms with E-state index in [0.29, 0.717) is 23.5 Å². The second-order valence-electron chi connectivity index (χ2n) is 4.98. The molecule has 0 aliphatic carbocycles. The summed E-state index contributed by atoms with van der Waals surface area (Å²) in [5.41, 5.74) is 6.37. The van der Waals surface area contributed by atoms with Crippen LogP contribution < -0.4 is 5.73 Å². The average molecular weight is 349 g/mol. The predicted molar refractivity (Wildman–Crippen MR) is 81.3 cm³/mol. The molecule has 0 bridgehead atoms. The second kappa shape index (κ2) is 6.83. The van der Waals surface area contributed by atoms with Gasteiger partial charge in [0.25, 0.3) is 0 Å². The molecule has 0 atom stereocenters. The number of nitrogens with two attached hydrogens (primary N) is 1. The Morgan fingerprint density at radius 3 is 2.53 bits per heavy atom. The largest absolute Gasteiger partial charge is 0.326 e. The fraction of sp³-hybridized carbons (Fsp3) is 0.538. The molecule has 0 aliphatic rings. The average Bonchev–Trinajstić information content (AvgIpc) is 2.36. The lowest BCUT2D eigenvalue weighted by molar-refractivity contribution is 0.428. The summed E-state index contributed by atoms with van der Waals surface area (Å²) < 4.78 is 26.9. The Labute approximate surface area is 124 Å². The van der Waals surface area contributed by atoms with Crippen LogP contribution in [0.3, 0.4) is 0 Å². The number of hydrogen-bond donors (Lipinski definition) is 1. The fourth-order valence-corrected chi connectivity index (χ4v) is 3.76. The van der Waals surface area contributed by atoms with Crippen molar-refractivity contribution >= 4 is 26.0 Å². The highest BCUT2D eigenvalue weighted by Crippen LogP contribution is 2.26. The SMILES string of the molecule is CC(C)CCN(C)S(=O)(=O)c1cc(CN)ccc1Br. The fourth-order valence-electron chi connectivity index (χ4n) is 1.60. The summed E-state index contributed by atoms with van der Waals surface area (Å²) in [5, 5.41) is 0. The summed E-state index contributed by atoms with van der Waals surface area (Å²) in [6.45, 7) is 4.99. The van der Waals surface area contributed by atoms with Crippen LogP contribution in [0.25, 0.3) is 0 Å². The Kier molecular flexibility index (Phi) is 5.98. The maximum atomic E-state index is 12.5. The Morgan fingerprint density at radius 2 is 2.00 bits per heavy atom. The van der Waals surface area contributed by atoms with Gasteiger partial charge in [-0.25, -0.2) is 12.7 Å². The zero-order valence-electron chi connectivity index (χ0n) is 11.6. The highest BCUT2D eigenvalue weighted by molar-refractivity contribution is 9.10. The molecule has 6 heteroatoms. The van der Waals surface area contributed by atoms with Gasteiger partial charge in [0.1, 0.15) is 0 Å². The van der Waals surface area contributed by atoms with Gasteiger partial charge in [0.05, 0.1) is 4.90 Å². The molecule has 0 radical (unpaired) electrons. The minimum absolute atomic E-state index is 0.279. The highest BCUT2D eigenvalue weighted by Gasteiger charge is 2.23. The van der Waals surface area contributed by atoms with Gasteiger partial charge in [0.2, 0.25) is 10.0 Å². The van der Waals surface area contributed by atoms with E-state index < -0.39 is 10.0 Å². The molecule has 0 aliphatic heterocycles. The van der Waals surface area contributed by atoms with Crippen molar-refractivity contribution in [2.75, 3.05) is 13.6 Å². The van der Waals surface area contributed by atoms with E-state index in [4.69, 9.17) is 5.73 Å². The molecule has 108 valence electrons. The summed E-state index contributed by atoms with van der Waals surface area (Å²) in [6, 6.07) is 5.17. The number of rotatable bonds is 6. The molecule has 0 unspecified atom stereocenters. The van der Waals surface area contributed by atoms with Crippen molar-refractivity contribution in [3.63, 3.8) is 0 Å². The van der Waals surface area contributed by atoms with Crippen molar-refractivity contribution in [2.45, 2.75) is 31.7 Å². The molecule has 0 saturated carbocycles. The summed E-state index contributed by atoms with van der Waals surface area (Å²) in [6.07, 6.45) is 0.837. The maximum absolute atomic E-state index is 12.5. The van der Waals surface area contributed by atoms with Gasteiger partial charge in [0.15, 0.2) is 0 Å². The Hall–Kier alpha value is -0.430. The van der Waals surface area contributed by atoms with Gasteiger partial charge >= 0.3 is 0 Å². The van der Waals surface area contributed by atoms with Crippen LogP contribution >= 0.6 is 15.9 Å². The second-order valence-corrected chi connectivity index (χ2v) is 7.85. The Balaban J connectivity index is 3.05. The molecule has 1 aromatic rings. The van der Waals surface area contributed by atoms with E-state index in [1.807, 2.05) is 6.07 Å². The Bertz CT molecular complexity index is 529. The van der Waals surface area contributed by atoms with Crippen molar-refractivity contribution in [1.82, 2.24) is 4.31 Å². The van der Waals surface area contributed by atoms with Gasteiger partial charge in [-0.2, -0.15) is 0 Å². The van der Waals surface area contributed by atoms with Crippen molar-refractivity contribution in [2.24, 2.45) is 11.7 Å². The van der Waals surface area contributed by atoms with E-state index in [1.165, 1.54) is 4.31 Å². The highest BCUT2D eigenvalue weighted by atomic mass is 79.9. The number of nitrogens with zero attached hydrogens (tertiary/aromatic N) is 1. The molecular formula is C13H21BrN2O2S. The molecule has 0 aromatic heterocycles. The van der Waals surface area contributed by atoms with Gasteiger partial charge in [-0.1, -0.05) is 19.9 Å². The molecule has 0 saturated heterocycles. The first kappa shape index (κ1) is 16.6. The minimum atomic E-state index is -3.47. The normalized spacial score (nSPS) is 12.4. The standard InChI is InChI=1S/C13H21BrN2O2S/c1-10(2)6-7-16(3)19(17,18)13-8-11(9-15)4-5-12(13)14/h4-5,8,10H,6-7,9,15H2,1-3H3. The molecular weight excluding hydrogens is 328 g/mol. The lowest BCUT2D eigenvalue weighted by atomic mass is 10.1. The van der Waals surface area contributed by atoms with E-state index in [2.05, 4.69) is 29.8 Å². The number of sulfonamides is 1. The maximum Gasteiger partial charge on any atom is 0.243 e. The van der Waals surface area contributed by atoms with Gasteiger partial charge in [-0.05, 0) is 46.0 Å². The minimum Gasteiger partial charge on any atom is -0.326 e. The monoisotopic (exact) mass is 348 g/mol. The van der Waals surface area contributed by atoms with E-state index in [0.717, 1.165) is 12.0 Å². The van der Waals surface area contributed by atoms with Gasteiger partial charge in [-0.3, -0.25) is 0 Å². The number of hydrogen-bond acceptors (Lipinski definition) is 3. The van der Waals surface area contributed by atoms with Crippen molar-refractivity contribution in [3.05, 3.63) is 28.2 Å². The van der Waals surface area contributed by atoms with Gasteiger partial charge < -0.3 is 5.73 Å². The first-order valence-corrected chi connectivity index (χ1v) is 8.47. The van der Waals surface area contributed by atoms with Gasteiger partial charge in [0, 0.05) is 24.6 Å². The van der Waals surface area contributed by atoms with Crippen molar-refractivity contribution in [3.8, 4) is 0 Å².